The Hall–Kier alpha value is -3.46. The Balaban J connectivity index is 1.51. The molecule has 0 aliphatic carbocycles. The number of hydrogen-bond acceptors (Lipinski definition) is 7. The van der Waals surface area contributed by atoms with Gasteiger partial charge in [-0.15, -0.1) is 10.2 Å². The molecule has 0 bridgehead atoms. The molecule has 1 N–H and O–H groups in total. The number of hydrogen-bond donors (Lipinski definition) is 1. The molecule has 0 spiro atoms. The van der Waals surface area contributed by atoms with E-state index in [0.717, 1.165) is 17.1 Å². The summed E-state index contributed by atoms with van der Waals surface area (Å²) in [6, 6.07) is 14.9. The Morgan fingerprint density at radius 2 is 1.90 bits per heavy atom. The van der Waals surface area contributed by atoms with E-state index >= 15 is 0 Å². The van der Waals surface area contributed by atoms with Gasteiger partial charge in [-0.05, 0) is 36.4 Å². The van der Waals surface area contributed by atoms with Crippen LogP contribution in [0.2, 0.25) is 0 Å². The predicted molar refractivity (Wildman–Crippen MR) is 111 cm³/mol. The monoisotopic (exact) mass is 424 g/mol. The number of rotatable bonds is 9. The molecule has 8 nitrogen and oxygen atoms in total. The molecule has 4 aromatic rings. The first-order valence-corrected chi connectivity index (χ1v) is 10.2. The number of thioether (sulfide) groups is 1. The summed E-state index contributed by atoms with van der Waals surface area (Å²) < 4.78 is 18.0. The molecule has 0 aliphatic rings. The van der Waals surface area contributed by atoms with Crippen molar-refractivity contribution in [1.82, 2.24) is 20.1 Å². The lowest BCUT2D eigenvalue weighted by Crippen LogP contribution is -2.24. The topological polar surface area (TPSA) is 95.3 Å². The van der Waals surface area contributed by atoms with Crippen molar-refractivity contribution in [2.75, 3.05) is 12.9 Å². The molecule has 3 heterocycles. The van der Waals surface area contributed by atoms with E-state index in [1.165, 1.54) is 11.8 Å². The highest BCUT2D eigenvalue weighted by molar-refractivity contribution is 7.99. The number of furan rings is 2. The van der Waals surface area contributed by atoms with Crippen molar-refractivity contribution in [3.63, 3.8) is 0 Å². The highest BCUT2D eigenvalue weighted by Crippen LogP contribution is 2.27. The van der Waals surface area contributed by atoms with Gasteiger partial charge in [0.15, 0.2) is 11.0 Å². The molecule has 0 saturated heterocycles. The van der Waals surface area contributed by atoms with Crippen LogP contribution >= 0.6 is 11.8 Å². The number of carbonyl (C=O) groups is 1. The van der Waals surface area contributed by atoms with Gasteiger partial charge in [0.2, 0.25) is 5.91 Å². The number of nitrogens with zero attached hydrogens (tertiary/aromatic N) is 3. The predicted octanol–water partition coefficient (Wildman–Crippen LogP) is 3.60. The minimum Gasteiger partial charge on any atom is -0.497 e. The fourth-order valence-corrected chi connectivity index (χ4v) is 3.62. The number of amides is 1. The number of methoxy groups -OCH3 is 1. The summed E-state index contributed by atoms with van der Waals surface area (Å²) >= 11 is 1.31. The molecular weight excluding hydrogens is 404 g/mol. The number of carbonyl (C=O) groups excluding carboxylic acids is 1. The SMILES string of the molecule is COc1cccc(-c2nnc(SCC(=O)NCc3ccco3)n2Cc2ccco2)c1. The lowest BCUT2D eigenvalue weighted by atomic mass is 10.2. The van der Waals surface area contributed by atoms with Gasteiger partial charge in [-0.1, -0.05) is 23.9 Å². The van der Waals surface area contributed by atoms with Gasteiger partial charge < -0.3 is 18.9 Å². The van der Waals surface area contributed by atoms with Gasteiger partial charge in [0.25, 0.3) is 0 Å². The minimum absolute atomic E-state index is 0.119. The Bertz CT molecular complexity index is 1090. The van der Waals surface area contributed by atoms with Crippen LogP contribution in [-0.4, -0.2) is 33.5 Å². The third-order valence-electron chi connectivity index (χ3n) is 4.31. The van der Waals surface area contributed by atoms with E-state index in [-0.39, 0.29) is 11.7 Å². The largest absolute Gasteiger partial charge is 0.497 e. The fourth-order valence-electron chi connectivity index (χ4n) is 2.85. The van der Waals surface area contributed by atoms with Gasteiger partial charge in [0.1, 0.15) is 17.3 Å². The summed E-state index contributed by atoms with van der Waals surface area (Å²) in [7, 11) is 1.62. The van der Waals surface area contributed by atoms with Crippen LogP contribution in [0.4, 0.5) is 0 Å². The maximum absolute atomic E-state index is 12.2. The maximum Gasteiger partial charge on any atom is 0.230 e. The van der Waals surface area contributed by atoms with Crippen LogP contribution in [0.5, 0.6) is 5.75 Å². The second-order valence-corrected chi connectivity index (χ2v) is 7.29. The lowest BCUT2D eigenvalue weighted by Gasteiger charge is -2.10. The summed E-state index contributed by atoms with van der Waals surface area (Å²) in [6.45, 7) is 0.795. The van der Waals surface area contributed by atoms with Crippen LogP contribution in [0.15, 0.2) is 75.0 Å². The van der Waals surface area contributed by atoms with Gasteiger partial charge in [0, 0.05) is 5.56 Å². The van der Waals surface area contributed by atoms with E-state index in [0.29, 0.717) is 29.8 Å². The quantitative estimate of drug-likeness (QED) is 0.410. The van der Waals surface area contributed by atoms with Gasteiger partial charge in [-0.3, -0.25) is 9.36 Å². The van der Waals surface area contributed by atoms with Crippen LogP contribution < -0.4 is 10.1 Å². The first kappa shape index (κ1) is 19.8. The maximum atomic E-state index is 12.2. The molecule has 30 heavy (non-hydrogen) atoms. The molecule has 154 valence electrons. The van der Waals surface area contributed by atoms with Crippen LogP contribution in [-0.2, 0) is 17.9 Å². The van der Waals surface area contributed by atoms with Crippen LogP contribution in [0.25, 0.3) is 11.4 Å². The summed E-state index contributed by atoms with van der Waals surface area (Å²) in [5.74, 6) is 2.95. The Morgan fingerprint density at radius 3 is 2.63 bits per heavy atom. The third kappa shape index (κ3) is 4.74. The number of nitrogens with one attached hydrogen (secondary N) is 1. The third-order valence-corrected chi connectivity index (χ3v) is 5.28. The van der Waals surface area contributed by atoms with Gasteiger partial charge in [0.05, 0.1) is 38.5 Å². The van der Waals surface area contributed by atoms with Crippen molar-refractivity contribution in [1.29, 1.82) is 0 Å². The first-order valence-electron chi connectivity index (χ1n) is 9.25. The van der Waals surface area contributed by atoms with Crippen LogP contribution in [0.3, 0.4) is 0 Å². The molecule has 1 amide bonds. The normalized spacial score (nSPS) is 10.8. The van der Waals surface area contributed by atoms with E-state index in [9.17, 15) is 4.79 Å². The molecule has 0 saturated carbocycles. The van der Waals surface area contributed by atoms with Gasteiger partial charge in [-0.25, -0.2) is 0 Å². The zero-order valence-corrected chi connectivity index (χ0v) is 17.1. The van der Waals surface area contributed by atoms with Crippen molar-refractivity contribution < 1.29 is 18.4 Å². The summed E-state index contributed by atoms with van der Waals surface area (Å²) in [6.07, 6.45) is 3.20. The average Bonchev–Trinajstić information content (AvgIpc) is 3.54. The van der Waals surface area contributed by atoms with E-state index in [2.05, 4.69) is 15.5 Å². The van der Waals surface area contributed by atoms with Crippen molar-refractivity contribution >= 4 is 17.7 Å². The highest BCUT2D eigenvalue weighted by atomic mass is 32.2. The minimum atomic E-state index is -0.119. The second kappa shape index (κ2) is 9.36. The molecule has 0 fully saturated rings. The molecular formula is C21H20N4O4S. The molecule has 9 heteroatoms. The van der Waals surface area contributed by atoms with E-state index in [4.69, 9.17) is 13.6 Å². The molecule has 4 rings (SSSR count). The second-order valence-electron chi connectivity index (χ2n) is 6.35. The van der Waals surface area contributed by atoms with Gasteiger partial charge >= 0.3 is 0 Å². The average molecular weight is 424 g/mol. The van der Waals surface area contributed by atoms with E-state index in [1.807, 2.05) is 47.0 Å². The number of benzene rings is 1. The van der Waals surface area contributed by atoms with Crippen molar-refractivity contribution in [3.05, 3.63) is 72.6 Å². The van der Waals surface area contributed by atoms with Gasteiger partial charge in [-0.2, -0.15) is 0 Å². The highest BCUT2D eigenvalue weighted by Gasteiger charge is 2.17. The van der Waals surface area contributed by atoms with Crippen molar-refractivity contribution in [2.24, 2.45) is 0 Å². The summed E-state index contributed by atoms with van der Waals surface area (Å²) in [5.41, 5.74) is 0.863. The van der Waals surface area contributed by atoms with E-state index < -0.39 is 0 Å². The zero-order chi connectivity index (χ0) is 20.8. The van der Waals surface area contributed by atoms with Crippen molar-refractivity contribution in [3.8, 4) is 17.1 Å². The van der Waals surface area contributed by atoms with Crippen LogP contribution in [0, 0.1) is 0 Å². The summed E-state index contributed by atoms with van der Waals surface area (Å²) in [4.78, 5) is 12.2. The van der Waals surface area contributed by atoms with E-state index in [1.54, 1.807) is 25.7 Å². The fraction of sp³-hybridized carbons (Fsp3) is 0.190. The van der Waals surface area contributed by atoms with Crippen LogP contribution in [0.1, 0.15) is 11.5 Å². The Labute approximate surface area is 177 Å². The smallest absolute Gasteiger partial charge is 0.230 e. The Morgan fingerprint density at radius 1 is 1.10 bits per heavy atom. The molecule has 0 atom stereocenters. The summed E-state index contributed by atoms with van der Waals surface area (Å²) in [5, 5.41) is 12.1. The molecule has 3 aromatic heterocycles. The Kier molecular flexibility index (Phi) is 6.19. The number of ether oxygens (including phenoxy) is 1. The number of aromatic nitrogens is 3. The molecule has 0 aliphatic heterocycles. The lowest BCUT2D eigenvalue weighted by molar-refractivity contribution is -0.118. The standard InChI is InChI=1S/C21H20N4O4S/c1-27-16-6-2-5-15(11-16)20-23-24-21(25(20)13-18-8-4-10-29-18)30-14-19(26)22-12-17-7-3-9-28-17/h2-11H,12-14H2,1H3,(H,22,26). The van der Waals surface area contributed by atoms with Crippen molar-refractivity contribution in [2.45, 2.75) is 18.2 Å². The molecule has 0 unspecified atom stereocenters. The molecule has 1 aromatic carbocycles. The first-order chi connectivity index (χ1) is 14.7. The molecule has 0 radical (unpaired) electrons. The zero-order valence-electron chi connectivity index (χ0n) is 16.3.